The van der Waals surface area contributed by atoms with Gasteiger partial charge in [-0.2, -0.15) is 0 Å². The number of piperazine rings is 1. The molecule has 0 saturated carbocycles. The van der Waals surface area contributed by atoms with Gasteiger partial charge in [-0.25, -0.2) is 17.5 Å². The maximum Gasteiger partial charge on any atom is 0.410 e. The maximum absolute atomic E-state index is 12.2. The van der Waals surface area contributed by atoms with Gasteiger partial charge in [0.2, 0.25) is 10.0 Å². The summed E-state index contributed by atoms with van der Waals surface area (Å²) >= 11 is 0. The summed E-state index contributed by atoms with van der Waals surface area (Å²) in [5.41, 5.74) is -0.534. The van der Waals surface area contributed by atoms with E-state index >= 15 is 0 Å². The van der Waals surface area contributed by atoms with Crippen LogP contribution in [0.4, 0.5) is 4.79 Å². The molecule has 1 saturated heterocycles. The fourth-order valence-electron chi connectivity index (χ4n) is 2.44. The van der Waals surface area contributed by atoms with Crippen molar-refractivity contribution in [1.29, 1.82) is 0 Å². The van der Waals surface area contributed by atoms with Crippen molar-refractivity contribution in [2.75, 3.05) is 39.0 Å². The second-order valence-corrected chi connectivity index (χ2v) is 9.53. The van der Waals surface area contributed by atoms with E-state index in [1.165, 1.54) is 10.6 Å². The quantitative estimate of drug-likeness (QED) is 0.804. The Kier molecular flexibility index (Phi) is 6.85. The molecule has 1 unspecified atom stereocenters. The Morgan fingerprint density at radius 3 is 2.48 bits per heavy atom. The molecular weight excluding hydrogens is 318 g/mol. The van der Waals surface area contributed by atoms with Gasteiger partial charge in [0.05, 0.1) is 6.26 Å². The number of carbonyl (C=O) groups is 1. The van der Waals surface area contributed by atoms with Crippen molar-refractivity contribution < 1.29 is 17.9 Å². The van der Waals surface area contributed by atoms with Gasteiger partial charge in [-0.1, -0.05) is 13.8 Å². The van der Waals surface area contributed by atoms with Crippen LogP contribution in [-0.2, 0) is 14.8 Å². The molecule has 23 heavy (non-hydrogen) atoms. The summed E-state index contributed by atoms with van der Waals surface area (Å²) in [6.07, 6.45) is 0.878. The van der Waals surface area contributed by atoms with Gasteiger partial charge < -0.3 is 15.0 Å². The summed E-state index contributed by atoms with van der Waals surface area (Å²) in [5.74, 6) is 0.246. The topological polar surface area (TPSA) is 79.0 Å². The van der Waals surface area contributed by atoms with Crippen LogP contribution in [0.3, 0.4) is 0 Å². The van der Waals surface area contributed by atoms with Crippen molar-refractivity contribution in [3.05, 3.63) is 0 Å². The molecule has 1 atom stereocenters. The Bertz CT molecular complexity index is 499. The van der Waals surface area contributed by atoms with Gasteiger partial charge >= 0.3 is 6.09 Å². The number of amides is 1. The zero-order valence-electron chi connectivity index (χ0n) is 15.1. The second-order valence-electron chi connectivity index (χ2n) is 7.55. The number of sulfonamides is 1. The Labute approximate surface area is 140 Å². The van der Waals surface area contributed by atoms with Crippen LogP contribution in [0.25, 0.3) is 0 Å². The molecule has 0 spiro atoms. The minimum absolute atomic E-state index is 0.0928. The van der Waals surface area contributed by atoms with Gasteiger partial charge in [0, 0.05) is 38.8 Å². The minimum Gasteiger partial charge on any atom is -0.444 e. The second kappa shape index (κ2) is 7.81. The van der Waals surface area contributed by atoms with Crippen LogP contribution in [0, 0.1) is 5.92 Å². The third kappa shape index (κ3) is 7.50. The lowest BCUT2D eigenvalue weighted by Crippen LogP contribution is -2.57. The van der Waals surface area contributed by atoms with E-state index in [1.807, 2.05) is 34.6 Å². The fourth-order valence-corrected chi connectivity index (χ4v) is 3.46. The standard InChI is InChI=1S/C15H31N3O4S/c1-12(2)9-18(23(6,20)21)11-13-10-17(8-7-16-13)14(19)22-15(3,4)5/h12-13,16H,7-11H2,1-6H3. The normalized spacial score (nSPS) is 20.2. The van der Waals surface area contributed by atoms with Crippen LogP contribution in [0.2, 0.25) is 0 Å². The molecule has 136 valence electrons. The highest BCUT2D eigenvalue weighted by Gasteiger charge is 2.30. The predicted molar refractivity (Wildman–Crippen MR) is 90.9 cm³/mol. The maximum atomic E-state index is 12.2. The lowest BCUT2D eigenvalue weighted by Gasteiger charge is -2.36. The van der Waals surface area contributed by atoms with E-state index in [0.717, 1.165) is 0 Å². The molecule has 1 N–H and O–H groups in total. The molecule has 1 aliphatic rings. The fraction of sp³-hybridized carbons (Fsp3) is 0.933. The van der Waals surface area contributed by atoms with Crippen LogP contribution >= 0.6 is 0 Å². The highest BCUT2D eigenvalue weighted by atomic mass is 32.2. The smallest absolute Gasteiger partial charge is 0.410 e. The zero-order chi connectivity index (χ0) is 17.8. The summed E-state index contributed by atoms with van der Waals surface area (Å²) in [7, 11) is -3.27. The first-order valence-corrected chi connectivity index (χ1v) is 9.90. The number of nitrogens with zero attached hydrogens (tertiary/aromatic N) is 2. The first kappa shape index (κ1) is 20.2. The molecule has 0 aromatic heterocycles. The SMILES string of the molecule is CC(C)CN(CC1CN(C(=O)OC(C)(C)C)CCN1)S(C)(=O)=O. The summed E-state index contributed by atoms with van der Waals surface area (Å²) in [6.45, 7) is 11.9. The third-order valence-electron chi connectivity index (χ3n) is 3.37. The third-order valence-corrected chi connectivity index (χ3v) is 4.61. The molecule has 0 radical (unpaired) electrons. The molecule has 0 aromatic rings. The molecule has 0 aliphatic carbocycles. The van der Waals surface area contributed by atoms with Crippen molar-refractivity contribution in [2.24, 2.45) is 5.92 Å². The van der Waals surface area contributed by atoms with Gasteiger partial charge in [0.15, 0.2) is 0 Å². The predicted octanol–water partition coefficient (Wildman–Crippen LogP) is 1.11. The Morgan fingerprint density at radius 2 is 2.00 bits per heavy atom. The number of carbonyl (C=O) groups excluding carboxylic acids is 1. The average molecular weight is 349 g/mol. The summed E-state index contributed by atoms with van der Waals surface area (Å²) in [4.78, 5) is 13.8. The molecule has 1 heterocycles. The summed E-state index contributed by atoms with van der Waals surface area (Å²) < 4.78 is 30.7. The van der Waals surface area contributed by atoms with Crippen molar-refractivity contribution in [3.8, 4) is 0 Å². The first-order valence-electron chi connectivity index (χ1n) is 8.05. The van der Waals surface area contributed by atoms with Gasteiger partial charge in [-0.3, -0.25) is 0 Å². The van der Waals surface area contributed by atoms with Crippen molar-refractivity contribution in [3.63, 3.8) is 0 Å². The number of ether oxygens (including phenoxy) is 1. The van der Waals surface area contributed by atoms with E-state index in [4.69, 9.17) is 4.74 Å². The van der Waals surface area contributed by atoms with Gasteiger partial charge in [0.1, 0.15) is 5.60 Å². The van der Waals surface area contributed by atoms with E-state index in [2.05, 4.69) is 5.32 Å². The highest BCUT2D eigenvalue weighted by molar-refractivity contribution is 7.88. The first-order chi connectivity index (χ1) is 10.4. The van der Waals surface area contributed by atoms with E-state index in [9.17, 15) is 13.2 Å². The van der Waals surface area contributed by atoms with Crippen molar-refractivity contribution in [2.45, 2.75) is 46.3 Å². The highest BCUT2D eigenvalue weighted by Crippen LogP contribution is 2.13. The van der Waals surface area contributed by atoms with Crippen LogP contribution in [0.1, 0.15) is 34.6 Å². The summed E-state index contributed by atoms with van der Waals surface area (Å²) in [6, 6.07) is -0.0928. The monoisotopic (exact) mass is 349 g/mol. The lowest BCUT2D eigenvalue weighted by molar-refractivity contribution is 0.0189. The van der Waals surface area contributed by atoms with Crippen LogP contribution < -0.4 is 5.32 Å². The summed E-state index contributed by atoms with van der Waals surface area (Å²) in [5, 5.41) is 3.29. The zero-order valence-corrected chi connectivity index (χ0v) is 15.9. The molecule has 1 aliphatic heterocycles. The molecule has 1 fully saturated rings. The van der Waals surface area contributed by atoms with Crippen molar-refractivity contribution in [1.82, 2.24) is 14.5 Å². The molecule has 0 aromatic carbocycles. The lowest BCUT2D eigenvalue weighted by atomic mass is 10.2. The van der Waals surface area contributed by atoms with Crippen LogP contribution in [0.15, 0.2) is 0 Å². The largest absolute Gasteiger partial charge is 0.444 e. The number of hydrogen-bond acceptors (Lipinski definition) is 5. The minimum atomic E-state index is -3.27. The molecule has 1 amide bonds. The average Bonchev–Trinajstić information content (AvgIpc) is 2.34. The van der Waals surface area contributed by atoms with E-state index in [1.54, 1.807) is 4.90 Å². The Balaban J connectivity index is 2.68. The molecular formula is C15H31N3O4S. The molecule has 1 rings (SSSR count). The number of hydrogen-bond donors (Lipinski definition) is 1. The van der Waals surface area contributed by atoms with Gasteiger partial charge in [0.25, 0.3) is 0 Å². The van der Waals surface area contributed by atoms with Gasteiger partial charge in [-0.15, -0.1) is 0 Å². The Morgan fingerprint density at radius 1 is 1.39 bits per heavy atom. The van der Waals surface area contributed by atoms with Gasteiger partial charge in [-0.05, 0) is 26.7 Å². The number of nitrogens with one attached hydrogen (secondary N) is 1. The van der Waals surface area contributed by atoms with Crippen LogP contribution in [-0.4, -0.2) is 74.3 Å². The van der Waals surface area contributed by atoms with E-state index in [-0.39, 0.29) is 18.1 Å². The van der Waals surface area contributed by atoms with Crippen LogP contribution in [0.5, 0.6) is 0 Å². The molecule has 8 heteroatoms. The van der Waals surface area contributed by atoms with E-state index < -0.39 is 15.6 Å². The molecule has 0 bridgehead atoms. The Hall–Kier alpha value is -0.860. The van der Waals surface area contributed by atoms with Crippen molar-refractivity contribution >= 4 is 16.1 Å². The number of rotatable bonds is 5. The van der Waals surface area contributed by atoms with E-state index in [0.29, 0.717) is 32.7 Å². The molecule has 7 nitrogen and oxygen atoms in total.